The van der Waals surface area contributed by atoms with Crippen molar-refractivity contribution >= 4 is 17.5 Å². The van der Waals surface area contributed by atoms with Crippen molar-refractivity contribution in [2.24, 2.45) is 0 Å². The quantitative estimate of drug-likeness (QED) is 0.898. The predicted octanol–water partition coefficient (Wildman–Crippen LogP) is 2.09. The number of carbonyl (C=O) groups excluding carboxylic acids is 1. The second kappa shape index (κ2) is 6.64. The minimum atomic E-state index is -0.631. The standard InChI is InChI=1S/C15H16ClFN4O2/c16-9-4-3-6-12(14(9)17)21-8-11(19-20-21)15(23)18-10-5-1-2-7-13(10)22/h3-4,6,8,10,13,22H,1-2,5,7H2,(H,18,23). The highest BCUT2D eigenvalue weighted by Crippen LogP contribution is 2.21. The molecule has 1 aromatic heterocycles. The fraction of sp³-hybridized carbons (Fsp3) is 0.400. The van der Waals surface area contributed by atoms with E-state index in [1.807, 2.05) is 0 Å². The lowest BCUT2D eigenvalue weighted by atomic mass is 9.92. The van der Waals surface area contributed by atoms with Gasteiger partial charge in [0.2, 0.25) is 0 Å². The van der Waals surface area contributed by atoms with Crippen molar-refractivity contribution in [3.63, 3.8) is 0 Å². The molecule has 0 bridgehead atoms. The van der Waals surface area contributed by atoms with Crippen molar-refractivity contribution in [3.05, 3.63) is 40.9 Å². The van der Waals surface area contributed by atoms with Gasteiger partial charge in [0.15, 0.2) is 11.5 Å². The summed E-state index contributed by atoms with van der Waals surface area (Å²) < 4.78 is 15.1. The molecule has 0 radical (unpaired) electrons. The van der Waals surface area contributed by atoms with Gasteiger partial charge in [0.1, 0.15) is 5.69 Å². The molecule has 1 fully saturated rings. The lowest BCUT2D eigenvalue weighted by Crippen LogP contribution is -2.45. The normalized spacial score (nSPS) is 21.2. The Balaban J connectivity index is 1.76. The Kier molecular flexibility index (Phi) is 4.58. The molecule has 122 valence electrons. The van der Waals surface area contributed by atoms with E-state index in [0.717, 1.165) is 23.9 Å². The van der Waals surface area contributed by atoms with Gasteiger partial charge in [-0.3, -0.25) is 4.79 Å². The fourth-order valence-corrected chi connectivity index (χ4v) is 2.85. The van der Waals surface area contributed by atoms with E-state index in [1.54, 1.807) is 6.07 Å². The summed E-state index contributed by atoms with van der Waals surface area (Å²) >= 11 is 5.73. The summed E-state index contributed by atoms with van der Waals surface area (Å²) in [5.41, 5.74) is 0.170. The number of nitrogens with one attached hydrogen (secondary N) is 1. The highest BCUT2D eigenvalue weighted by atomic mass is 35.5. The lowest BCUT2D eigenvalue weighted by molar-refractivity contribution is 0.0713. The van der Waals surface area contributed by atoms with Gasteiger partial charge in [0.25, 0.3) is 5.91 Å². The number of benzene rings is 1. The molecule has 2 aromatic rings. The highest BCUT2D eigenvalue weighted by molar-refractivity contribution is 6.30. The third-order valence-electron chi connectivity index (χ3n) is 3.95. The molecule has 1 amide bonds. The van der Waals surface area contributed by atoms with E-state index in [9.17, 15) is 14.3 Å². The van der Waals surface area contributed by atoms with Crippen molar-refractivity contribution in [3.8, 4) is 5.69 Å². The minimum absolute atomic E-state index is 0.0330. The first kappa shape index (κ1) is 15.9. The lowest BCUT2D eigenvalue weighted by Gasteiger charge is -2.27. The Hall–Kier alpha value is -1.99. The van der Waals surface area contributed by atoms with Gasteiger partial charge in [-0.15, -0.1) is 5.10 Å². The first-order valence-electron chi connectivity index (χ1n) is 7.42. The number of nitrogens with zero attached hydrogens (tertiary/aromatic N) is 3. The second-order valence-corrected chi connectivity index (χ2v) is 5.96. The van der Waals surface area contributed by atoms with Crippen LogP contribution in [0.1, 0.15) is 36.2 Å². The summed E-state index contributed by atoms with van der Waals surface area (Å²) in [6, 6.07) is 4.21. The molecular weight excluding hydrogens is 323 g/mol. The number of aliphatic hydroxyl groups is 1. The molecule has 0 spiro atoms. The van der Waals surface area contributed by atoms with E-state index < -0.39 is 17.8 Å². The molecule has 23 heavy (non-hydrogen) atoms. The Morgan fingerprint density at radius 2 is 2.17 bits per heavy atom. The third kappa shape index (κ3) is 3.35. The van der Waals surface area contributed by atoms with Gasteiger partial charge in [0, 0.05) is 0 Å². The Morgan fingerprint density at radius 3 is 2.96 bits per heavy atom. The number of aromatic nitrogens is 3. The summed E-state index contributed by atoms with van der Waals surface area (Å²) in [6.07, 6.45) is 4.10. The van der Waals surface area contributed by atoms with Crippen LogP contribution >= 0.6 is 11.6 Å². The van der Waals surface area contributed by atoms with Gasteiger partial charge in [-0.2, -0.15) is 0 Å². The molecule has 8 heteroatoms. The van der Waals surface area contributed by atoms with Gasteiger partial charge in [-0.25, -0.2) is 9.07 Å². The zero-order chi connectivity index (χ0) is 16.4. The predicted molar refractivity (Wildman–Crippen MR) is 82.1 cm³/mol. The SMILES string of the molecule is O=C(NC1CCCCC1O)c1cn(-c2cccc(Cl)c2F)nn1. The molecule has 3 rings (SSSR count). The Morgan fingerprint density at radius 1 is 1.39 bits per heavy atom. The van der Waals surface area contributed by atoms with Crippen LogP contribution in [0.15, 0.2) is 24.4 Å². The van der Waals surface area contributed by atoms with Crippen LogP contribution in [0.5, 0.6) is 0 Å². The maximum atomic E-state index is 14.0. The first-order chi connectivity index (χ1) is 11.1. The Labute approximate surface area is 137 Å². The summed E-state index contributed by atoms with van der Waals surface area (Å²) in [6.45, 7) is 0. The number of carbonyl (C=O) groups is 1. The number of hydrogen-bond acceptors (Lipinski definition) is 4. The second-order valence-electron chi connectivity index (χ2n) is 5.55. The first-order valence-corrected chi connectivity index (χ1v) is 7.79. The molecule has 0 aliphatic heterocycles. The fourth-order valence-electron chi connectivity index (χ4n) is 2.68. The average Bonchev–Trinajstić information content (AvgIpc) is 3.02. The molecule has 1 aromatic carbocycles. The van der Waals surface area contributed by atoms with Gasteiger partial charge < -0.3 is 10.4 Å². The van der Waals surface area contributed by atoms with Gasteiger partial charge >= 0.3 is 0 Å². The number of hydrogen-bond donors (Lipinski definition) is 2. The van der Waals surface area contributed by atoms with E-state index in [2.05, 4.69) is 15.6 Å². The monoisotopic (exact) mass is 338 g/mol. The number of amides is 1. The average molecular weight is 339 g/mol. The molecule has 0 saturated heterocycles. The molecule has 2 atom stereocenters. The van der Waals surface area contributed by atoms with E-state index in [4.69, 9.17) is 11.6 Å². The van der Waals surface area contributed by atoms with Crippen molar-refractivity contribution in [2.75, 3.05) is 0 Å². The van der Waals surface area contributed by atoms with Crippen LogP contribution in [-0.2, 0) is 0 Å². The number of rotatable bonds is 3. The van der Waals surface area contributed by atoms with Crippen LogP contribution in [-0.4, -0.2) is 38.2 Å². The summed E-state index contributed by atoms with van der Waals surface area (Å²) in [5.74, 6) is -1.07. The maximum absolute atomic E-state index is 14.0. The molecule has 6 nitrogen and oxygen atoms in total. The molecule has 1 heterocycles. The largest absolute Gasteiger partial charge is 0.391 e. The van der Waals surface area contributed by atoms with Crippen LogP contribution in [0.4, 0.5) is 4.39 Å². The molecule has 1 aliphatic carbocycles. The van der Waals surface area contributed by atoms with E-state index in [-0.39, 0.29) is 22.4 Å². The zero-order valence-corrected chi connectivity index (χ0v) is 13.0. The van der Waals surface area contributed by atoms with Gasteiger partial charge in [-0.1, -0.05) is 35.7 Å². The van der Waals surface area contributed by atoms with Gasteiger partial charge in [-0.05, 0) is 25.0 Å². The summed E-state index contributed by atoms with van der Waals surface area (Å²) in [5, 5.41) is 20.1. The van der Waals surface area contributed by atoms with E-state index in [0.29, 0.717) is 6.42 Å². The zero-order valence-electron chi connectivity index (χ0n) is 12.2. The van der Waals surface area contributed by atoms with Crippen LogP contribution in [0.3, 0.4) is 0 Å². The molecule has 2 unspecified atom stereocenters. The Bertz CT molecular complexity index is 721. The van der Waals surface area contributed by atoms with Gasteiger partial charge in [0.05, 0.1) is 23.4 Å². The third-order valence-corrected chi connectivity index (χ3v) is 4.24. The number of aliphatic hydroxyl groups excluding tert-OH is 1. The summed E-state index contributed by atoms with van der Waals surface area (Å²) in [7, 11) is 0. The van der Waals surface area contributed by atoms with E-state index in [1.165, 1.54) is 18.3 Å². The molecule has 2 N–H and O–H groups in total. The summed E-state index contributed by atoms with van der Waals surface area (Å²) in [4.78, 5) is 12.2. The topological polar surface area (TPSA) is 80.0 Å². The van der Waals surface area contributed by atoms with Crippen molar-refractivity contribution in [2.45, 2.75) is 37.8 Å². The minimum Gasteiger partial charge on any atom is -0.391 e. The molecule has 1 saturated carbocycles. The highest BCUT2D eigenvalue weighted by Gasteiger charge is 2.26. The number of halogens is 2. The van der Waals surface area contributed by atoms with Crippen LogP contribution in [0.2, 0.25) is 5.02 Å². The molecular formula is C15H16ClFN4O2. The van der Waals surface area contributed by atoms with Crippen molar-refractivity contribution < 1.29 is 14.3 Å². The van der Waals surface area contributed by atoms with Crippen LogP contribution in [0.25, 0.3) is 5.69 Å². The smallest absolute Gasteiger partial charge is 0.273 e. The van der Waals surface area contributed by atoms with Crippen LogP contribution < -0.4 is 5.32 Å². The van der Waals surface area contributed by atoms with Crippen molar-refractivity contribution in [1.29, 1.82) is 0 Å². The van der Waals surface area contributed by atoms with E-state index >= 15 is 0 Å². The maximum Gasteiger partial charge on any atom is 0.273 e. The van der Waals surface area contributed by atoms with Crippen LogP contribution in [0, 0.1) is 5.82 Å². The molecule has 1 aliphatic rings. The van der Waals surface area contributed by atoms with Crippen molar-refractivity contribution in [1.82, 2.24) is 20.3 Å².